The number of carbonyl (C=O) groups is 2. The van der Waals surface area contributed by atoms with E-state index in [0.29, 0.717) is 37.8 Å². The second kappa shape index (κ2) is 9.64. The molecule has 1 atom stereocenters. The van der Waals surface area contributed by atoms with Gasteiger partial charge < -0.3 is 19.1 Å². The Labute approximate surface area is 186 Å². The molecule has 2 aromatic carbocycles. The molecule has 0 N–H and O–H groups in total. The molecule has 1 saturated heterocycles. The number of hydrogen-bond donors (Lipinski definition) is 0. The maximum atomic E-state index is 12.9. The summed E-state index contributed by atoms with van der Waals surface area (Å²) in [7, 11) is 3.36. The summed E-state index contributed by atoms with van der Waals surface area (Å²) in [4.78, 5) is 33.1. The van der Waals surface area contributed by atoms with Crippen LogP contribution in [-0.2, 0) is 22.6 Å². The molecule has 32 heavy (non-hydrogen) atoms. The minimum Gasteiger partial charge on any atom is -0.497 e. The van der Waals surface area contributed by atoms with E-state index in [0.717, 1.165) is 16.9 Å². The number of rotatable bonds is 8. The van der Waals surface area contributed by atoms with Gasteiger partial charge in [-0.25, -0.2) is 0 Å². The first-order valence-electron chi connectivity index (χ1n) is 10.6. The zero-order valence-corrected chi connectivity index (χ0v) is 18.2. The van der Waals surface area contributed by atoms with E-state index in [9.17, 15) is 9.59 Å². The molecule has 0 saturated carbocycles. The van der Waals surface area contributed by atoms with Gasteiger partial charge in [0.1, 0.15) is 5.75 Å². The van der Waals surface area contributed by atoms with Gasteiger partial charge in [-0.1, -0.05) is 35.5 Å². The number of methoxy groups -OCH3 is 1. The number of carbonyl (C=O) groups excluding carboxylic acids is 2. The quantitative estimate of drug-likeness (QED) is 0.542. The van der Waals surface area contributed by atoms with Gasteiger partial charge in [0.2, 0.25) is 11.8 Å². The molecule has 1 aliphatic rings. The van der Waals surface area contributed by atoms with Gasteiger partial charge in [-0.3, -0.25) is 9.59 Å². The van der Waals surface area contributed by atoms with Crippen molar-refractivity contribution in [2.24, 2.45) is 5.92 Å². The summed E-state index contributed by atoms with van der Waals surface area (Å²) >= 11 is 0. The number of likely N-dealkylation sites (N-methyl/N-ethyl adjacent to an activating group) is 1. The van der Waals surface area contributed by atoms with E-state index in [2.05, 4.69) is 10.1 Å². The summed E-state index contributed by atoms with van der Waals surface area (Å²) in [5.74, 6) is 1.41. The van der Waals surface area contributed by atoms with Crippen molar-refractivity contribution in [3.05, 3.63) is 66.0 Å². The number of amides is 2. The number of likely N-dealkylation sites (tertiary alicyclic amines) is 1. The highest BCUT2D eigenvalue weighted by Gasteiger charge is 2.35. The van der Waals surface area contributed by atoms with Crippen molar-refractivity contribution in [3.63, 3.8) is 0 Å². The third-order valence-electron chi connectivity index (χ3n) is 5.63. The van der Waals surface area contributed by atoms with Crippen LogP contribution in [0.15, 0.2) is 59.1 Å². The lowest BCUT2D eigenvalue weighted by molar-refractivity contribution is -0.134. The van der Waals surface area contributed by atoms with Gasteiger partial charge in [-0.15, -0.1) is 0 Å². The Morgan fingerprint density at radius 1 is 1.19 bits per heavy atom. The van der Waals surface area contributed by atoms with Crippen LogP contribution in [0, 0.1) is 5.92 Å². The lowest BCUT2D eigenvalue weighted by Gasteiger charge is -2.21. The van der Waals surface area contributed by atoms with Crippen LogP contribution in [0.4, 0.5) is 0 Å². The Balaban J connectivity index is 1.29. The van der Waals surface area contributed by atoms with Gasteiger partial charge in [-0.2, -0.15) is 4.98 Å². The first-order valence-corrected chi connectivity index (χ1v) is 10.6. The Hall–Kier alpha value is -3.68. The molecule has 0 spiro atoms. The van der Waals surface area contributed by atoms with Gasteiger partial charge in [0.25, 0.3) is 5.89 Å². The highest BCUT2D eigenvalue weighted by molar-refractivity contribution is 5.89. The van der Waals surface area contributed by atoms with E-state index in [1.807, 2.05) is 54.6 Å². The van der Waals surface area contributed by atoms with Crippen molar-refractivity contribution in [1.29, 1.82) is 0 Å². The zero-order chi connectivity index (χ0) is 22.5. The minimum atomic E-state index is -0.337. The summed E-state index contributed by atoms with van der Waals surface area (Å²) in [6.45, 7) is 1.37. The van der Waals surface area contributed by atoms with Crippen LogP contribution in [-0.4, -0.2) is 59.0 Å². The molecule has 8 nitrogen and oxygen atoms in total. The van der Waals surface area contributed by atoms with Gasteiger partial charge in [0, 0.05) is 45.1 Å². The van der Waals surface area contributed by atoms with Crippen LogP contribution in [0.1, 0.15) is 17.8 Å². The topological polar surface area (TPSA) is 88.8 Å². The maximum Gasteiger partial charge on any atom is 0.257 e. The van der Waals surface area contributed by atoms with Gasteiger partial charge >= 0.3 is 0 Å². The summed E-state index contributed by atoms with van der Waals surface area (Å²) < 4.78 is 10.5. The predicted molar refractivity (Wildman–Crippen MR) is 118 cm³/mol. The van der Waals surface area contributed by atoms with E-state index in [4.69, 9.17) is 9.26 Å². The van der Waals surface area contributed by atoms with Gasteiger partial charge in [-0.05, 0) is 29.8 Å². The second-order valence-electron chi connectivity index (χ2n) is 7.91. The van der Waals surface area contributed by atoms with Crippen LogP contribution in [0.25, 0.3) is 11.5 Å². The molecule has 1 fully saturated rings. The fourth-order valence-electron chi connectivity index (χ4n) is 3.78. The number of hydrogen-bond acceptors (Lipinski definition) is 6. The Bertz CT molecular complexity index is 1070. The largest absolute Gasteiger partial charge is 0.497 e. The maximum absolute atomic E-state index is 12.9. The smallest absolute Gasteiger partial charge is 0.257 e. The zero-order valence-electron chi connectivity index (χ0n) is 18.2. The molecule has 3 aromatic rings. The Kier molecular flexibility index (Phi) is 6.49. The third-order valence-corrected chi connectivity index (χ3v) is 5.63. The summed E-state index contributed by atoms with van der Waals surface area (Å²) in [6.07, 6.45) is 0.717. The molecule has 0 aliphatic carbocycles. The number of benzene rings is 2. The molecule has 1 aliphatic heterocycles. The molecule has 0 unspecified atom stereocenters. The molecule has 166 valence electrons. The van der Waals surface area contributed by atoms with Gasteiger partial charge in [0.05, 0.1) is 13.0 Å². The van der Waals surface area contributed by atoms with Crippen molar-refractivity contribution < 1.29 is 18.8 Å². The van der Waals surface area contributed by atoms with Crippen molar-refractivity contribution in [1.82, 2.24) is 19.9 Å². The first kappa shape index (κ1) is 21.5. The average molecular weight is 434 g/mol. The lowest BCUT2D eigenvalue weighted by Crippen LogP contribution is -2.36. The van der Waals surface area contributed by atoms with Crippen LogP contribution >= 0.6 is 0 Å². The molecule has 4 rings (SSSR count). The predicted octanol–water partition coefficient (Wildman–Crippen LogP) is 2.79. The van der Waals surface area contributed by atoms with E-state index < -0.39 is 0 Å². The highest BCUT2D eigenvalue weighted by atomic mass is 16.5. The summed E-state index contributed by atoms with van der Waals surface area (Å²) in [5, 5.41) is 4.01. The van der Waals surface area contributed by atoms with Crippen molar-refractivity contribution in [2.75, 3.05) is 27.2 Å². The molecule has 2 heterocycles. The normalized spacial score (nSPS) is 15.8. The molecule has 8 heteroatoms. The minimum absolute atomic E-state index is 0.00163. The van der Waals surface area contributed by atoms with Crippen LogP contribution in [0.3, 0.4) is 0 Å². The monoisotopic (exact) mass is 434 g/mol. The average Bonchev–Trinajstić information content (AvgIpc) is 3.45. The number of aromatic nitrogens is 2. The van der Waals surface area contributed by atoms with E-state index in [1.54, 1.807) is 24.0 Å². The van der Waals surface area contributed by atoms with Crippen LogP contribution in [0.5, 0.6) is 5.75 Å². The van der Waals surface area contributed by atoms with E-state index in [1.165, 1.54) is 0 Å². The first-order chi connectivity index (χ1) is 15.5. The standard InChI is InChI=1S/C24H26N4O4/c1-27(13-12-21-25-23(32-26-21)18-6-4-3-5-7-18)24(30)19-14-22(29)28(16-19)15-17-8-10-20(31-2)11-9-17/h3-11,19H,12-16H2,1-2H3/t19-/m1/s1. The SMILES string of the molecule is COc1ccc(CN2C[C@H](C(=O)N(C)CCc3noc(-c4ccccc4)n3)CC2=O)cc1. The second-order valence-corrected chi connectivity index (χ2v) is 7.91. The van der Waals surface area contributed by atoms with Crippen molar-refractivity contribution in [3.8, 4) is 17.2 Å². The fourth-order valence-corrected chi connectivity index (χ4v) is 3.78. The molecular weight excluding hydrogens is 408 g/mol. The van der Waals surface area contributed by atoms with Crippen LogP contribution in [0.2, 0.25) is 0 Å². The number of nitrogens with zero attached hydrogens (tertiary/aromatic N) is 4. The highest BCUT2D eigenvalue weighted by Crippen LogP contribution is 2.23. The third kappa shape index (κ3) is 4.96. The fraction of sp³-hybridized carbons (Fsp3) is 0.333. The Morgan fingerprint density at radius 2 is 1.94 bits per heavy atom. The van der Waals surface area contributed by atoms with E-state index >= 15 is 0 Å². The van der Waals surface area contributed by atoms with Crippen molar-refractivity contribution >= 4 is 11.8 Å². The Morgan fingerprint density at radius 3 is 2.66 bits per heavy atom. The molecule has 0 bridgehead atoms. The van der Waals surface area contributed by atoms with E-state index in [-0.39, 0.29) is 24.2 Å². The summed E-state index contributed by atoms with van der Waals surface area (Å²) in [5.41, 5.74) is 1.86. The summed E-state index contributed by atoms with van der Waals surface area (Å²) in [6, 6.07) is 17.2. The molecular formula is C24H26N4O4. The van der Waals surface area contributed by atoms with Gasteiger partial charge in [0.15, 0.2) is 5.82 Å². The molecule has 2 amide bonds. The van der Waals surface area contributed by atoms with Crippen molar-refractivity contribution in [2.45, 2.75) is 19.4 Å². The molecule has 1 aromatic heterocycles. The number of ether oxygens (including phenoxy) is 1. The van der Waals surface area contributed by atoms with Crippen LogP contribution < -0.4 is 4.74 Å². The lowest BCUT2D eigenvalue weighted by atomic mass is 10.1. The molecule has 0 radical (unpaired) electrons.